The van der Waals surface area contributed by atoms with Crippen molar-refractivity contribution in [3.05, 3.63) is 114 Å². The number of nitrogens with zero attached hydrogens (tertiary/aromatic N) is 3. The molecule has 0 saturated heterocycles. The van der Waals surface area contributed by atoms with E-state index >= 15 is 0 Å². The fourth-order valence-electron chi connectivity index (χ4n) is 4.49. The Bertz CT molecular complexity index is 1360. The van der Waals surface area contributed by atoms with Crippen LogP contribution in [0.2, 0.25) is 0 Å². The van der Waals surface area contributed by atoms with Crippen LogP contribution >= 0.6 is 0 Å². The van der Waals surface area contributed by atoms with Gasteiger partial charge >= 0.3 is 0 Å². The molecule has 0 fully saturated rings. The minimum Gasteiger partial charge on any atom is -0.497 e. The van der Waals surface area contributed by atoms with Crippen LogP contribution in [0.4, 0.5) is 17.1 Å². The molecule has 0 unspecified atom stereocenters. The smallest absolute Gasteiger partial charge is 0.121 e. The van der Waals surface area contributed by atoms with Crippen molar-refractivity contribution < 1.29 is 14.2 Å². The SMILES string of the molecule is COc1cccc(CN(Cc2cccc(N(C)C)c2)c2cccc(COCCOc3cccc(N(C)C)c3)c2)c1. The monoisotopic (exact) mass is 539 g/mol. The standard InChI is InChI=1S/C34H41N3O3/c1-35(2)30-13-6-10-27(20-30)24-37(25-28-11-8-16-33(22-28)38-5)32-15-7-12-29(21-32)26-39-18-19-40-34-17-9-14-31(23-34)36(3)4/h6-17,20-23H,18-19,24-26H2,1-5H3. The number of benzene rings is 4. The highest BCUT2D eigenvalue weighted by molar-refractivity contribution is 5.53. The van der Waals surface area contributed by atoms with Gasteiger partial charge in [0.15, 0.2) is 0 Å². The van der Waals surface area contributed by atoms with Gasteiger partial charge in [0.1, 0.15) is 18.1 Å². The lowest BCUT2D eigenvalue weighted by atomic mass is 10.1. The molecule has 0 aromatic heterocycles. The molecule has 0 saturated carbocycles. The Morgan fingerprint density at radius 3 is 1.80 bits per heavy atom. The summed E-state index contributed by atoms with van der Waals surface area (Å²) in [6.07, 6.45) is 0. The van der Waals surface area contributed by atoms with E-state index in [-0.39, 0.29) is 0 Å². The van der Waals surface area contributed by atoms with Crippen molar-refractivity contribution in [1.29, 1.82) is 0 Å². The largest absolute Gasteiger partial charge is 0.497 e. The van der Waals surface area contributed by atoms with E-state index in [9.17, 15) is 0 Å². The second-order valence-corrected chi connectivity index (χ2v) is 10.2. The van der Waals surface area contributed by atoms with E-state index in [1.165, 1.54) is 16.8 Å². The lowest BCUT2D eigenvalue weighted by molar-refractivity contribution is 0.0889. The number of rotatable bonds is 14. The minimum absolute atomic E-state index is 0.501. The Morgan fingerprint density at radius 1 is 0.550 bits per heavy atom. The molecule has 4 aromatic rings. The fraction of sp³-hybridized carbons (Fsp3) is 0.294. The first-order valence-corrected chi connectivity index (χ1v) is 13.6. The third kappa shape index (κ3) is 8.42. The predicted octanol–water partition coefficient (Wildman–Crippen LogP) is 6.63. The molecular weight excluding hydrogens is 498 g/mol. The van der Waals surface area contributed by atoms with Crippen molar-refractivity contribution in [1.82, 2.24) is 0 Å². The van der Waals surface area contributed by atoms with E-state index in [0.717, 1.165) is 41.5 Å². The summed E-state index contributed by atoms with van der Waals surface area (Å²) in [7, 11) is 9.90. The molecule has 0 radical (unpaired) electrons. The van der Waals surface area contributed by atoms with Crippen molar-refractivity contribution in [2.45, 2.75) is 19.7 Å². The molecule has 0 heterocycles. The minimum atomic E-state index is 0.501. The van der Waals surface area contributed by atoms with Crippen LogP contribution < -0.4 is 24.2 Å². The van der Waals surface area contributed by atoms with Gasteiger partial charge in [-0.3, -0.25) is 0 Å². The number of ether oxygens (including phenoxy) is 3. The van der Waals surface area contributed by atoms with Gasteiger partial charge in [0.05, 0.1) is 20.3 Å². The second kappa shape index (κ2) is 14.3. The van der Waals surface area contributed by atoms with E-state index in [2.05, 4.69) is 95.5 Å². The van der Waals surface area contributed by atoms with Crippen molar-refractivity contribution >= 4 is 17.1 Å². The lowest BCUT2D eigenvalue weighted by Gasteiger charge is -2.26. The zero-order valence-corrected chi connectivity index (χ0v) is 24.3. The van der Waals surface area contributed by atoms with E-state index in [0.29, 0.717) is 19.8 Å². The summed E-state index contributed by atoms with van der Waals surface area (Å²) in [4.78, 5) is 6.59. The normalized spacial score (nSPS) is 10.7. The number of methoxy groups -OCH3 is 1. The third-order valence-electron chi connectivity index (χ3n) is 6.68. The van der Waals surface area contributed by atoms with Crippen molar-refractivity contribution in [2.75, 3.05) is 63.2 Å². The molecular formula is C34H41N3O3. The van der Waals surface area contributed by atoms with Gasteiger partial charge in [0.25, 0.3) is 0 Å². The summed E-state index contributed by atoms with van der Waals surface area (Å²) in [6, 6.07) is 33.6. The highest BCUT2D eigenvalue weighted by Crippen LogP contribution is 2.25. The Morgan fingerprint density at radius 2 is 1.10 bits per heavy atom. The first-order chi connectivity index (χ1) is 19.4. The van der Waals surface area contributed by atoms with E-state index < -0.39 is 0 Å². The molecule has 0 spiro atoms. The molecule has 0 aliphatic heterocycles. The van der Waals surface area contributed by atoms with Crippen LogP contribution in [0, 0.1) is 0 Å². The molecule has 6 nitrogen and oxygen atoms in total. The average molecular weight is 540 g/mol. The third-order valence-corrected chi connectivity index (χ3v) is 6.68. The van der Waals surface area contributed by atoms with Crippen LogP contribution in [0.25, 0.3) is 0 Å². The molecule has 0 amide bonds. The first kappa shape index (κ1) is 28.8. The average Bonchev–Trinajstić information content (AvgIpc) is 2.97. The molecule has 0 bridgehead atoms. The second-order valence-electron chi connectivity index (χ2n) is 10.2. The van der Waals surface area contributed by atoms with Gasteiger partial charge in [-0.15, -0.1) is 0 Å². The summed E-state index contributed by atoms with van der Waals surface area (Å²) in [5.41, 5.74) is 7.03. The summed E-state index contributed by atoms with van der Waals surface area (Å²) < 4.78 is 17.4. The van der Waals surface area contributed by atoms with E-state index in [4.69, 9.17) is 14.2 Å². The van der Waals surface area contributed by atoms with Crippen LogP contribution in [0.15, 0.2) is 97.1 Å². The quantitative estimate of drug-likeness (QED) is 0.168. The number of hydrogen-bond donors (Lipinski definition) is 0. The number of anilines is 3. The molecule has 0 aliphatic rings. The molecule has 0 N–H and O–H groups in total. The van der Waals surface area contributed by atoms with E-state index in [1.807, 2.05) is 44.4 Å². The van der Waals surface area contributed by atoms with Gasteiger partial charge in [-0.2, -0.15) is 0 Å². The van der Waals surface area contributed by atoms with Crippen LogP contribution in [-0.2, 0) is 24.4 Å². The predicted molar refractivity (Wildman–Crippen MR) is 166 cm³/mol. The maximum absolute atomic E-state index is 5.99. The Kier molecular flexibility index (Phi) is 10.3. The van der Waals surface area contributed by atoms with Gasteiger partial charge < -0.3 is 28.9 Å². The van der Waals surface area contributed by atoms with Gasteiger partial charge in [-0.25, -0.2) is 0 Å². The van der Waals surface area contributed by atoms with Gasteiger partial charge in [-0.1, -0.05) is 42.5 Å². The zero-order valence-electron chi connectivity index (χ0n) is 24.3. The summed E-state index contributed by atoms with van der Waals surface area (Å²) >= 11 is 0. The van der Waals surface area contributed by atoms with Gasteiger partial charge in [0, 0.05) is 64.4 Å². The van der Waals surface area contributed by atoms with Crippen LogP contribution in [-0.4, -0.2) is 48.5 Å². The lowest BCUT2D eigenvalue weighted by Crippen LogP contribution is -2.22. The maximum atomic E-state index is 5.99. The van der Waals surface area contributed by atoms with Crippen LogP contribution in [0.1, 0.15) is 16.7 Å². The maximum Gasteiger partial charge on any atom is 0.121 e. The molecule has 40 heavy (non-hydrogen) atoms. The van der Waals surface area contributed by atoms with E-state index in [1.54, 1.807) is 7.11 Å². The molecule has 6 heteroatoms. The summed E-state index contributed by atoms with van der Waals surface area (Å²) in [5.74, 6) is 1.72. The van der Waals surface area contributed by atoms with Crippen LogP contribution in [0.5, 0.6) is 11.5 Å². The summed E-state index contributed by atoms with van der Waals surface area (Å²) in [6.45, 7) is 3.08. The molecule has 0 atom stereocenters. The molecule has 210 valence electrons. The molecule has 0 aliphatic carbocycles. The fourth-order valence-corrected chi connectivity index (χ4v) is 4.49. The summed E-state index contributed by atoms with van der Waals surface area (Å²) in [5, 5.41) is 0. The highest BCUT2D eigenvalue weighted by Gasteiger charge is 2.11. The van der Waals surface area contributed by atoms with Gasteiger partial charge in [0.2, 0.25) is 0 Å². The van der Waals surface area contributed by atoms with Gasteiger partial charge in [-0.05, 0) is 65.2 Å². The Labute approximate surface area is 239 Å². The molecule has 4 rings (SSSR count). The Hall–Kier alpha value is -4.16. The first-order valence-electron chi connectivity index (χ1n) is 13.6. The van der Waals surface area contributed by atoms with Crippen molar-refractivity contribution in [3.8, 4) is 11.5 Å². The topological polar surface area (TPSA) is 37.4 Å². The zero-order chi connectivity index (χ0) is 28.3. The molecule has 4 aromatic carbocycles. The highest BCUT2D eigenvalue weighted by atomic mass is 16.5. The number of hydrogen-bond acceptors (Lipinski definition) is 6. The Balaban J connectivity index is 1.42. The van der Waals surface area contributed by atoms with Crippen molar-refractivity contribution in [2.24, 2.45) is 0 Å². The van der Waals surface area contributed by atoms with Crippen molar-refractivity contribution in [3.63, 3.8) is 0 Å². The van der Waals surface area contributed by atoms with Crippen LogP contribution in [0.3, 0.4) is 0 Å².